The number of hydrogen-bond acceptors (Lipinski definition) is 7. The molecule has 1 saturated heterocycles. The predicted molar refractivity (Wildman–Crippen MR) is 86.0 cm³/mol. The fourth-order valence-corrected chi connectivity index (χ4v) is 2.80. The van der Waals surface area contributed by atoms with Gasteiger partial charge in [-0.2, -0.15) is 10.2 Å². The Morgan fingerprint density at radius 1 is 1.29 bits per heavy atom. The van der Waals surface area contributed by atoms with E-state index in [2.05, 4.69) is 30.6 Å². The van der Waals surface area contributed by atoms with Crippen LogP contribution < -0.4 is 5.32 Å². The molecular weight excluding hydrogens is 308 g/mol. The number of aryl methyl sites for hydroxylation is 1. The van der Waals surface area contributed by atoms with Gasteiger partial charge in [0.05, 0.1) is 24.5 Å². The Bertz CT molecular complexity index is 652. The second-order valence-electron chi connectivity index (χ2n) is 6.00. The van der Waals surface area contributed by atoms with E-state index in [0.29, 0.717) is 36.4 Å². The SMILES string of the molecule is CCc1nnc(CN2CCC(CNC(=O)c3ccnnc3)CC2)o1. The van der Waals surface area contributed by atoms with Gasteiger partial charge in [0, 0.05) is 13.0 Å². The van der Waals surface area contributed by atoms with Gasteiger partial charge in [-0.3, -0.25) is 9.69 Å². The van der Waals surface area contributed by atoms with Gasteiger partial charge < -0.3 is 9.73 Å². The smallest absolute Gasteiger partial charge is 0.252 e. The Balaban J connectivity index is 1.40. The Morgan fingerprint density at radius 2 is 2.08 bits per heavy atom. The van der Waals surface area contributed by atoms with Gasteiger partial charge in [-0.1, -0.05) is 6.92 Å². The summed E-state index contributed by atoms with van der Waals surface area (Å²) in [4.78, 5) is 14.3. The van der Waals surface area contributed by atoms with Crippen LogP contribution in [0.5, 0.6) is 0 Å². The Morgan fingerprint density at radius 3 is 2.75 bits per heavy atom. The predicted octanol–water partition coefficient (Wildman–Crippen LogP) is 1.06. The van der Waals surface area contributed by atoms with E-state index in [1.807, 2.05) is 6.92 Å². The van der Waals surface area contributed by atoms with Crippen LogP contribution in [0.2, 0.25) is 0 Å². The molecule has 0 aromatic carbocycles. The molecule has 8 nitrogen and oxygen atoms in total. The molecule has 0 saturated carbocycles. The maximum Gasteiger partial charge on any atom is 0.252 e. The third kappa shape index (κ3) is 4.35. The lowest BCUT2D eigenvalue weighted by Crippen LogP contribution is -2.38. The van der Waals surface area contributed by atoms with Crippen LogP contribution >= 0.6 is 0 Å². The highest BCUT2D eigenvalue weighted by Crippen LogP contribution is 2.18. The highest BCUT2D eigenvalue weighted by atomic mass is 16.4. The molecule has 2 aromatic rings. The van der Waals surface area contributed by atoms with Crippen molar-refractivity contribution in [3.8, 4) is 0 Å². The summed E-state index contributed by atoms with van der Waals surface area (Å²) in [5, 5.41) is 18.4. The molecule has 3 rings (SSSR count). The zero-order valence-corrected chi connectivity index (χ0v) is 13.8. The minimum atomic E-state index is -0.0923. The van der Waals surface area contributed by atoms with Crippen LogP contribution in [0.25, 0.3) is 0 Å². The van der Waals surface area contributed by atoms with E-state index < -0.39 is 0 Å². The molecule has 1 N–H and O–H groups in total. The van der Waals surface area contributed by atoms with Crippen molar-refractivity contribution in [1.82, 2.24) is 30.6 Å². The first kappa shape index (κ1) is 16.5. The van der Waals surface area contributed by atoms with Gasteiger partial charge in [0.2, 0.25) is 11.8 Å². The number of amides is 1. The zero-order chi connectivity index (χ0) is 16.8. The number of nitrogens with zero attached hydrogens (tertiary/aromatic N) is 5. The molecule has 0 radical (unpaired) electrons. The summed E-state index contributed by atoms with van der Waals surface area (Å²) in [5.41, 5.74) is 0.547. The molecule has 0 unspecified atom stereocenters. The van der Waals surface area contributed by atoms with Crippen molar-refractivity contribution in [2.75, 3.05) is 19.6 Å². The van der Waals surface area contributed by atoms with Crippen molar-refractivity contribution >= 4 is 5.91 Å². The molecule has 24 heavy (non-hydrogen) atoms. The third-order valence-corrected chi connectivity index (χ3v) is 4.27. The summed E-state index contributed by atoms with van der Waals surface area (Å²) in [7, 11) is 0. The molecule has 8 heteroatoms. The molecule has 0 atom stereocenters. The molecule has 0 bridgehead atoms. The lowest BCUT2D eigenvalue weighted by Gasteiger charge is -2.31. The van der Waals surface area contributed by atoms with Crippen molar-refractivity contribution in [3.63, 3.8) is 0 Å². The van der Waals surface area contributed by atoms with Gasteiger partial charge in [-0.25, -0.2) is 0 Å². The standard InChI is InChI=1S/C16H22N6O2/c1-2-14-20-21-15(24-14)11-22-7-4-12(5-8-22)9-17-16(23)13-3-6-18-19-10-13/h3,6,10,12H,2,4-5,7-9,11H2,1H3,(H,17,23). The van der Waals surface area contributed by atoms with E-state index in [4.69, 9.17) is 4.42 Å². The summed E-state index contributed by atoms with van der Waals surface area (Å²) >= 11 is 0. The largest absolute Gasteiger partial charge is 0.424 e. The fraction of sp³-hybridized carbons (Fsp3) is 0.562. The van der Waals surface area contributed by atoms with Crippen LogP contribution in [-0.2, 0) is 13.0 Å². The van der Waals surface area contributed by atoms with E-state index in [1.54, 1.807) is 6.07 Å². The van der Waals surface area contributed by atoms with Crippen LogP contribution in [0.15, 0.2) is 22.9 Å². The molecule has 0 spiro atoms. The fourth-order valence-electron chi connectivity index (χ4n) is 2.80. The molecule has 2 aromatic heterocycles. The number of rotatable bonds is 6. The highest BCUT2D eigenvalue weighted by molar-refractivity contribution is 5.93. The molecule has 1 aliphatic rings. The number of likely N-dealkylation sites (tertiary alicyclic amines) is 1. The molecule has 0 aliphatic carbocycles. The lowest BCUT2D eigenvalue weighted by molar-refractivity contribution is 0.0933. The first-order valence-electron chi connectivity index (χ1n) is 8.33. The van der Waals surface area contributed by atoms with Crippen LogP contribution in [0.1, 0.15) is 41.9 Å². The van der Waals surface area contributed by atoms with Gasteiger partial charge in [-0.15, -0.1) is 10.2 Å². The van der Waals surface area contributed by atoms with E-state index in [-0.39, 0.29) is 5.91 Å². The molecular formula is C16H22N6O2. The minimum Gasteiger partial charge on any atom is -0.424 e. The number of carbonyl (C=O) groups is 1. The second-order valence-corrected chi connectivity index (χ2v) is 6.00. The summed E-state index contributed by atoms with van der Waals surface area (Å²) in [5.74, 6) is 1.77. The summed E-state index contributed by atoms with van der Waals surface area (Å²) in [6.07, 6.45) is 5.86. The molecule has 128 valence electrons. The van der Waals surface area contributed by atoms with Crippen molar-refractivity contribution < 1.29 is 9.21 Å². The summed E-state index contributed by atoms with van der Waals surface area (Å²) in [6.45, 7) is 5.34. The van der Waals surface area contributed by atoms with Crippen molar-refractivity contribution in [2.45, 2.75) is 32.7 Å². The highest BCUT2D eigenvalue weighted by Gasteiger charge is 2.21. The molecule has 3 heterocycles. The number of nitrogens with one attached hydrogen (secondary N) is 1. The zero-order valence-electron chi connectivity index (χ0n) is 13.8. The number of hydrogen-bond donors (Lipinski definition) is 1. The lowest BCUT2D eigenvalue weighted by atomic mass is 9.96. The van der Waals surface area contributed by atoms with Gasteiger partial charge in [0.1, 0.15) is 0 Å². The van der Waals surface area contributed by atoms with Crippen molar-refractivity contribution in [1.29, 1.82) is 0 Å². The Kier molecular flexibility index (Phi) is 5.47. The summed E-state index contributed by atoms with van der Waals surface area (Å²) in [6, 6.07) is 1.67. The topological polar surface area (TPSA) is 97.0 Å². The van der Waals surface area contributed by atoms with Gasteiger partial charge in [0.25, 0.3) is 5.91 Å². The van der Waals surface area contributed by atoms with E-state index in [0.717, 1.165) is 32.4 Å². The molecule has 1 fully saturated rings. The first-order valence-corrected chi connectivity index (χ1v) is 8.33. The van der Waals surface area contributed by atoms with Crippen molar-refractivity contribution in [2.24, 2.45) is 5.92 Å². The number of aromatic nitrogens is 4. The number of piperidine rings is 1. The second kappa shape index (κ2) is 7.96. The Labute approximate surface area is 140 Å². The van der Waals surface area contributed by atoms with Crippen molar-refractivity contribution in [3.05, 3.63) is 35.8 Å². The molecule has 1 amide bonds. The minimum absolute atomic E-state index is 0.0923. The summed E-state index contributed by atoms with van der Waals surface area (Å²) < 4.78 is 5.56. The third-order valence-electron chi connectivity index (χ3n) is 4.27. The van der Waals surface area contributed by atoms with Gasteiger partial charge in [0.15, 0.2) is 0 Å². The van der Waals surface area contributed by atoms with Crippen LogP contribution in [0.4, 0.5) is 0 Å². The molecule has 1 aliphatic heterocycles. The normalized spacial score (nSPS) is 16.2. The van der Waals surface area contributed by atoms with Crippen LogP contribution in [-0.4, -0.2) is 50.8 Å². The van der Waals surface area contributed by atoms with E-state index >= 15 is 0 Å². The monoisotopic (exact) mass is 330 g/mol. The quantitative estimate of drug-likeness (QED) is 0.846. The van der Waals surface area contributed by atoms with Crippen LogP contribution in [0, 0.1) is 5.92 Å². The maximum atomic E-state index is 12.0. The average molecular weight is 330 g/mol. The van der Waals surface area contributed by atoms with Crippen LogP contribution in [0.3, 0.4) is 0 Å². The van der Waals surface area contributed by atoms with Gasteiger partial charge in [-0.05, 0) is 37.9 Å². The Hall–Kier alpha value is -2.35. The maximum absolute atomic E-state index is 12.0. The van der Waals surface area contributed by atoms with Gasteiger partial charge >= 0.3 is 0 Å². The average Bonchev–Trinajstić information content (AvgIpc) is 3.09. The first-order chi connectivity index (χ1) is 11.7. The van der Waals surface area contributed by atoms with E-state index in [1.165, 1.54) is 12.4 Å². The van der Waals surface area contributed by atoms with E-state index in [9.17, 15) is 4.79 Å². The number of carbonyl (C=O) groups excluding carboxylic acids is 1.